The molecule has 1 saturated carbocycles. The topological polar surface area (TPSA) is 58.6 Å². The van der Waals surface area contributed by atoms with Crippen LogP contribution in [0.5, 0.6) is 0 Å². The maximum absolute atomic E-state index is 12.7. The molecule has 1 aromatic rings. The van der Waals surface area contributed by atoms with E-state index in [1.165, 1.54) is 28.5 Å². The van der Waals surface area contributed by atoms with Crippen molar-refractivity contribution >= 4 is 21.4 Å². The number of thiophene rings is 1. The first kappa shape index (κ1) is 16.9. The van der Waals surface area contributed by atoms with Crippen LogP contribution in [0, 0.1) is 0 Å². The minimum absolute atomic E-state index is 0.0851. The molecule has 1 aliphatic carbocycles. The van der Waals surface area contributed by atoms with Crippen molar-refractivity contribution in [3.63, 3.8) is 0 Å². The lowest BCUT2D eigenvalue weighted by Crippen LogP contribution is -2.39. The van der Waals surface area contributed by atoms with Crippen molar-refractivity contribution in [2.45, 2.75) is 50.2 Å². The summed E-state index contributed by atoms with van der Waals surface area (Å²) in [4.78, 5) is 1.46. The number of hydrogen-bond acceptors (Lipinski definition) is 5. The van der Waals surface area contributed by atoms with E-state index in [1.807, 2.05) is 13.8 Å². The number of sulfonamides is 1. The second-order valence-corrected chi connectivity index (χ2v) is 8.49. The van der Waals surface area contributed by atoms with Gasteiger partial charge in [0.15, 0.2) is 0 Å². The Morgan fingerprint density at radius 3 is 2.76 bits per heavy atom. The molecule has 1 fully saturated rings. The Morgan fingerprint density at radius 1 is 1.48 bits per heavy atom. The Morgan fingerprint density at radius 2 is 2.19 bits per heavy atom. The average molecular weight is 332 g/mol. The zero-order valence-electron chi connectivity index (χ0n) is 12.8. The molecular weight excluding hydrogens is 308 g/mol. The Balaban J connectivity index is 2.08. The third-order valence-corrected chi connectivity index (χ3v) is 6.61. The van der Waals surface area contributed by atoms with Gasteiger partial charge in [-0.1, -0.05) is 0 Å². The second-order valence-electron chi connectivity index (χ2n) is 5.61. The molecule has 1 N–H and O–H groups in total. The fourth-order valence-corrected chi connectivity index (χ4v) is 4.93. The van der Waals surface area contributed by atoms with Crippen LogP contribution < -0.4 is 5.32 Å². The molecule has 0 aliphatic heterocycles. The summed E-state index contributed by atoms with van der Waals surface area (Å²) in [5, 5.41) is 5.14. The molecule has 5 nitrogen and oxygen atoms in total. The maximum atomic E-state index is 12.7. The van der Waals surface area contributed by atoms with Crippen molar-refractivity contribution in [2.75, 3.05) is 20.3 Å². The number of ether oxygens (including phenoxy) is 1. The smallest absolute Gasteiger partial charge is 0.244 e. The van der Waals surface area contributed by atoms with Gasteiger partial charge in [-0.25, -0.2) is 8.42 Å². The molecular formula is C14H24N2O3S2. The quantitative estimate of drug-likeness (QED) is 0.752. The summed E-state index contributed by atoms with van der Waals surface area (Å²) in [5.41, 5.74) is 0. The Hall–Kier alpha value is -0.470. The molecule has 1 aliphatic rings. The molecule has 1 aromatic heterocycles. The molecule has 0 saturated heterocycles. The van der Waals surface area contributed by atoms with Crippen molar-refractivity contribution in [2.24, 2.45) is 0 Å². The van der Waals surface area contributed by atoms with Gasteiger partial charge in [0.2, 0.25) is 10.0 Å². The van der Waals surface area contributed by atoms with Gasteiger partial charge in [-0.2, -0.15) is 4.31 Å². The van der Waals surface area contributed by atoms with Crippen LogP contribution in [0.1, 0.15) is 31.6 Å². The van der Waals surface area contributed by atoms with Crippen LogP contribution in [0.4, 0.5) is 0 Å². The van der Waals surface area contributed by atoms with Gasteiger partial charge in [0.1, 0.15) is 0 Å². The van der Waals surface area contributed by atoms with E-state index in [0.29, 0.717) is 24.1 Å². The number of methoxy groups -OCH3 is 1. The fourth-order valence-electron chi connectivity index (χ4n) is 2.09. The lowest BCUT2D eigenvalue weighted by atomic mass is 10.4. The zero-order valence-corrected chi connectivity index (χ0v) is 14.5. The molecule has 0 unspecified atom stereocenters. The predicted molar refractivity (Wildman–Crippen MR) is 85.1 cm³/mol. The normalized spacial score (nSPS) is 16.0. The van der Waals surface area contributed by atoms with Gasteiger partial charge < -0.3 is 10.1 Å². The van der Waals surface area contributed by atoms with E-state index < -0.39 is 10.0 Å². The number of nitrogens with zero attached hydrogens (tertiary/aromatic N) is 1. The average Bonchev–Trinajstić information content (AvgIpc) is 3.12. The van der Waals surface area contributed by atoms with Crippen molar-refractivity contribution in [1.29, 1.82) is 0 Å². The van der Waals surface area contributed by atoms with Gasteiger partial charge in [0, 0.05) is 42.5 Å². The summed E-state index contributed by atoms with van der Waals surface area (Å²) >= 11 is 1.50. The van der Waals surface area contributed by atoms with E-state index in [2.05, 4.69) is 5.32 Å². The highest BCUT2D eigenvalue weighted by Crippen LogP contribution is 2.25. The van der Waals surface area contributed by atoms with E-state index >= 15 is 0 Å². The maximum Gasteiger partial charge on any atom is 0.244 e. The van der Waals surface area contributed by atoms with E-state index in [-0.39, 0.29) is 6.04 Å². The van der Waals surface area contributed by atoms with Crippen LogP contribution in [0.15, 0.2) is 16.3 Å². The summed E-state index contributed by atoms with van der Waals surface area (Å²) < 4.78 is 31.9. The molecule has 120 valence electrons. The minimum Gasteiger partial charge on any atom is -0.383 e. The standard InChI is InChI=1S/C14H24N2O3S2/c1-11(2)16(6-7-19-3)21(17,18)14-8-13(20-10-14)9-15-12-4-5-12/h8,10-12,15H,4-7,9H2,1-3H3. The lowest BCUT2D eigenvalue weighted by Gasteiger charge is -2.25. The van der Waals surface area contributed by atoms with Crippen LogP contribution >= 0.6 is 11.3 Å². The highest BCUT2D eigenvalue weighted by Gasteiger charge is 2.28. The summed E-state index contributed by atoms with van der Waals surface area (Å²) in [6.07, 6.45) is 2.46. The van der Waals surface area contributed by atoms with Crippen LogP contribution in [0.25, 0.3) is 0 Å². The lowest BCUT2D eigenvalue weighted by molar-refractivity contribution is 0.171. The van der Waals surface area contributed by atoms with Crippen molar-refractivity contribution in [3.8, 4) is 0 Å². The number of rotatable bonds is 9. The molecule has 0 atom stereocenters. The van der Waals surface area contributed by atoms with Gasteiger partial charge in [-0.3, -0.25) is 0 Å². The monoisotopic (exact) mass is 332 g/mol. The van der Waals surface area contributed by atoms with Gasteiger partial charge >= 0.3 is 0 Å². The van der Waals surface area contributed by atoms with Gasteiger partial charge in [0.05, 0.1) is 11.5 Å². The Bertz CT molecular complexity index is 550. The zero-order chi connectivity index (χ0) is 15.5. The summed E-state index contributed by atoms with van der Waals surface area (Å²) in [7, 11) is -1.86. The first-order valence-electron chi connectivity index (χ1n) is 7.26. The summed E-state index contributed by atoms with van der Waals surface area (Å²) in [6.45, 7) is 5.30. The molecule has 0 radical (unpaired) electrons. The van der Waals surface area contributed by atoms with E-state index in [4.69, 9.17) is 4.74 Å². The Labute approximate surface area is 131 Å². The fraction of sp³-hybridized carbons (Fsp3) is 0.714. The highest BCUT2D eigenvalue weighted by atomic mass is 32.2. The summed E-state index contributed by atoms with van der Waals surface area (Å²) in [6, 6.07) is 2.33. The van der Waals surface area contributed by atoms with Crippen molar-refractivity contribution < 1.29 is 13.2 Å². The van der Waals surface area contributed by atoms with Gasteiger partial charge in [-0.05, 0) is 32.8 Å². The molecule has 0 aromatic carbocycles. The van der Waals surface area contributed by atoms with Crippen molar-refractivity contribution in [3.05, 3.63) is 16.3 Å². The van der Waals surface area contributed by atoms with Crippen LogP contribution in [-0.2, 0) is 21.3 Å². The molecule has 1 heterocycles. The van der Waals surface area contributed by atoms with Crippen molar-refractivity contribution in [1.82, 2.24) is 9.62 Å². The molecule has 2 rings (SSSR count). The van der Waals surface area contributed by atoms with Crippen LogP contribution in [0.2, 0.25) is 0 Å². The molecule has 0 spiro atoms. The van der Waals surface area contributed by atoms with Crippen LogP contribution in [-0.4, -0.2) is 45.1 Å². The predicted octanol–water partition coefficient (Wildman–Crippen LogP) is 2.05. The van der Waals surface area contributed by atoms with E-state index in [1.54, 1.807) is 18.6 Å². The third-order valence-electron chi connectivity index (χ3n) is 3.47. The van der Waals surface area contributed by atoms with E-state index in [0.717, 1.165) is 11.4 Å². The molecule has 0 amide bonds. The number of nitrogens with one attached hydrogen (secondary N) is 1. The molecule has 7 heteroatoms. The number of hydrogen-bond donors (Lipinski definition) is 1. The first-order valence-corrected chi connectivity index (χ1v) is 9.58. The Kier molecular flexibility index (Phi) is 5.79. The second kappa shape index (κ2) is 7.19. The van der Waals surface area contributed by atoms with Gasteiger partial charge in [-0.15, -0.1) is 11.3 Å². The molecule has 0 bridgehead atoms. The minimum atomic E-state index is -3.44. The first-order chi connectivity index (χ1) is 9.95. The molecule has 21 heavy (non-hydrogen) atoms. The highest BCUT2D eigenvalue weighted by molar-refractivity contribution is 7.89. The van der Waals surface area contributed by atoms with Gasteiger partial charge in [0.25, 0.3) is 0 Å². The largest absolute Gasteiger partial charge is 0.383 e. The van der Waals surface area contributed by atoms with E-state index in [9.17, 15) is 8.42 Å². The van der Waals surface area contributed by atoms with Crippen LogP contribution in [0.3, 0.4) is 0 Å². The SMILES string of the molecule is COCCN(C(C)C)S(=O)(=O)c1csc(CNC2CC2)c1. The third kappa shape index (κ3) is 4.50. The summed E-state index contributed by atoms with van der Waals surface area (Å²) in [5.74, 6) is 0.